The molecule has 1 aromatic carbocycles. The molecule has 3 aromatic rings. The number of rotatable bonds is 2. The minimum atomic E-state index is 0.414. The Bertz CT molecular complexity index is 779. The van der Waals surface area contributed by atoms with E-state index in [1.807, 2.05) is 29.3 Å². The van der Waals surface area contributed by atoms with E-state index in [-0.39, 0.29) is 0 Å². The number of benzene rings is 1. The van der Waals surface area contributed by atoms with E-state index in [4.69, 9.17) is 5.73 Å². The van der Waals surface area contributed by atoms with Crippen LogP contribution >= 0.6 is 0 Å². The predicted molar refractivity (Wildman–Crippen MR) is 81.1 cm³/mol. The number of fused-ring (bicyclic) bond motifs is 1. The highest BCUT2D eigenvalue weighted by Gasteiger charge is 2.19. The van der Waals surface area contributed by atoms with Gasteiger partial charge in [0.15, 0.2) is 5.65 Å². The summed E-state index contributed by atoms with van der Waals surface area (Å²) in [7, 11) is 1.92. The van der Waals surface area contributed by atoms with Gasteiger partial charge in [-0.15, -0.1) is 0 Å². The van der Waals surface area contributed by atoms with E-state index in [9.17, 15) is 0 Å². The van der Waals surface area contributed by atoms with E-state index in [0.29, 0.717) is 11.9 Å². The van der Waals surface area contributed by atoms with Crippen LogP contribution in [0, 0.1) is 6.92 Å². The zero-order valence-corrected chi connectivity index (χ0v) is 12.3. The van der Waals surface area contributed by atoms with Crippen LogP contribution in [-0.2, 0) is 7.05 Å². The van der Waals surface area contributed by atoms with Gasteiger partial charge in [-0.25, -0.2) is 9.67 Å². The smallest absolute Gasteiger partial charge is 0.207 e. The largest absolute Gasteiger partial charge is 0.369 e. The number of aryl methyl sites for hydroxylation is 2. The van der Waals surface area contributed by atoms with E-state index < -0.39 is 0 Å². The van der Waals surface area contributed by atoms with E-state index in [1.54, 1.807) is 0 Å². The lowest BCUT2D eigenvalue weighted by Crippen LogP contribution is -2.07. The summed E-state index contributed by atoms with van der Waals surface area (Å²) in [5.41, 5.74) is 11.2. The molecule has 0 saturated heterocycles. The Kier molecular flexibility index (Phi) is 2.78. The first-order valence-electron chi connectivity index (χ1n) is 6.77. The molecule has 0 spiro atoms. The Balaban J connectivity index is 2.38. The molecule has 2 aromatic heterocycles. The Morgan fingerprint density at radius 2 is 1.90 bits per heavy atom. The average molecular weight is 269 g/mol. The number of hydrogen-bond donors (Lipinski definition) is 1. The maximum Gasteiger partial charge on any atom is 0.207 e. The lowest BCUT2D eigenvalue weighted by Gasteiger charge is -2.15. The van der Waals surface area contributed by atoms with Gasteiger partial charge in [-0.1, -0.05) is 32.0 Å². The molecule has 5 heteroatoms. The molecule has 0 atom stereocenters. The van der Waals surface area contributed by atoms with E-state index in [1.165, 1.54) is 5.56 Å². The third-order valence-corrected chi connectivity index (χ3v) is 3.63. The van der Waals surface area contributed by atoms with Gasteiger partial charge < -0.3 is 5.73 Å². The summed E-state index contributed by atoms with van der Waals surface area (Å²) in [6.45, 7) is 6.31. The molecule has 2 N–H and O–H groups in total. The molecule has 0 aliphatic heterocycles. The molecule has 3 rings (SSSR count). The standard InChI is InChI=1S/C15H19N5/c1-9(2)11-7-5-6-8-12(11)20-14-13(17-15(20)16)10(3)18-19(14)4/h5-9H,1-4H3,(H2,16,17). The monoisotopic (exact) mass is 269 g/mol. The van der Waals surface area contributed by atoms with Gasteiger partial charge in [0.1, 0.15) is 5.52 Å². The molecule has 20 heavy (non-hydrogen) atoms. The highest BCUT2D eigenvalue weighted by Crippen LogP contribution is 2.29. The molecule has 104 valence electrons. The highest BCUT2D eigenvalue weighted by molar-refractivity contribution is 5.80. The first kappa shape index (κ1) is 12.7. The Hall–Kier alpha value is -2.30. The van der Waals surface area contributed by atoms with Crippen LogP contribution in [0.4, 0.5) is 5.95 Å². The fourth-order valence-corrected chi connectivity index (χ4v) is 2.71. The van der Waals surface area contributed by atoms with Gasteiger partial charge in [0.25, 0.3) is 0 Å². The van der Waals surface area contributed by atoms with Crippen molar-refractivity contribution in [2.45, 2.75) is 26.7 Å². The van der Waals surface area contributed by atoms with Gasteiger partial charge in [-0.05, 0) is 24.5 Å². The number of imidazole rings is 1. The van der Waals surface area contributed by atoms with Gasteiger partial charge in [0.2, 0.25) is 5.95 Å². The molecule has 2 heterocycles. The summed E-state index contributed by atoms with van der Waals surface area (Å²) in [4.78, 5) is 4.47. The van der Waals surface area contributed by atoms with Gasteiger partial charge in [-0.3, -0.25) is 4.57 Å². The van der Waals surface area contributed by atoms with Crippen LogP contribution in [0.25, 0.3) is 16.9 Å². The van der Waals surface area contributed by atoms with Crippen molar-refractivity contribution in [1.82, 2.24) is 19.3 Å². The van der Waals surface area contributed by atoms with Crippen molar-refractivity contribution in [2.24, 2.45) is 7.05 Å². The fraction of sp³-hybridized carbons (Fsp3) is 0.333. The van der Waals surface area contributed by atoms with Crippen molar-refractivity contribution in [3.63, 3.8) is 0 Å². The molecule has 0 aliphatic carbocycles. The molecular formula is C15H19N5. The minimum Gasteiger partial charge on any atom is -0.369 e. The molecule has 0 bridgehead atoms. The Labute approximate surface area is 118 Å². The Morgan fingerprint density at radius 1 is 1.20 bits per heavy atom. The summed E-state index contributed by atoms with van der Waals surface area (Å²) in [5, 5.41) is 4.43. The second kappa shape index (κ2) is 4.37. The number of hydrogen-bond acceptors (Lipinski definition) is 3. The molecule has 0 saturated carbocycles. The van der Waals surface area contributed by atoms with Crippen LogP contribution in [0.2, 0.25) is 0 Å². The van der Waals surface area contributed by atoms with Crippen LogP contribution in [0.5, 0.6) is 0 Å². The second-order valence-corrected chi connectivity index (χ2v) is 5.40. The summed E-state index contributed by atoms with van der Waals surface area (Å²) in [5.74, 6) is 0.918. The van der Waals surface area contributed by atoms with Crippen molar-refractivity contribution < 1.29 is 0 Å². The first-order chi connectivity index (χ1) is 9.50. The summed E-state index contributed by atoms with van der Waals surface area (Å²) >= 11 is 0. The third kappa shape index (κ3) is 1.70. The van der Waals surface area contributed by atoms with E-state index >= 15 is 0 Å². The van der Waals surface area contributed by atoms with Crippen molar-refractivity contribution >= 4 is 17.1 Å². The van der Waals surface area contributed by atoms with Crippen LogP contribution in [0.3, 0.4) is 0 Å². The first-order valence-corrected chi connectivity index (χ1v) is 6.77. The zero-order chi connectivity index (χ0) is 14.4. The Morgan fingerprint density at radius 3 is 2.60 bits per heavy atom. The van der Waals surface area contributed by atoms with Crippen LogP contribution in [-0.4, -0.2) is 19.3 Å². The lowest BCUT2D eigenvalue weighted by atomic mass is 10.0. The number of anilines is 1. The van der Waals surface area contributed by atoms with Crippen molar-refractivity contribution in [1.29, 1.82) is 0 Å². The van der Waals surface area contributed by atoms with Crippen molar-refractivity contribution in [3.05, 3.63) is 35.5 Å². The molecule has 0 radical (unpaired) electrons. The van der Waals surface area contributed by atoms with Crippen molar-refractivity contribution in [3.8, 4) is 5.69 Å². The average Bonchev–Trinajstić information content (AvgIpc) is 2.88. The summed E-state index contributed by atoms with van der Waals surface area (Å²) in [6.07, 6.45) is 0. The molecule has 0 fully saturated rings. The maximum atomic E-state index is 6.15. The lowest BCUT2D eigenvalue weighted by molar-refractivity contribution is 0.759. The summed E-state index contributed by atoms with van der Waals surface area (Å²) in [6, 6.07) is 8.29. The van der Waals surface area contributed by atoms with Crippen molar-refractivity contribution in [2.75, 3.05) is 5.73 Å². The summed E-state index contributed by atoms with van der Waals surface area (Å²) < 4.78 is 3.83. The van der Waals surface area contributed by atoms with Crippen LogP contribution in [0.1, 0.15) is 31.0 Å². The third-order valence-electron chi connectivity index (χ3n) is 3.63. The van der Waals surface area contributed by atoms with Gasteiger partial charge in [0.05, 0.1) is 11.4 Å². The quantitative estimate of drug-likeness (QED) is 0.778. The van der Waals surface area contributed by atoms with Gasteiger partial charge >= 0.3 is 0 Å². The number of nitrogens with zero attached hydrogens (tertiary/aromatic N) is 4. The molecule has 5 nitrogen and oxygen atoms in total. The molecule has 0 amide bonds. The fourth-order valence-electron chi connectivity index (χ4n) is 2.71. The number of nitrogens with two attached hydrogens (primary N) is 1. The van der Waals surface area contributed by atoms with Crippen LogP contribution < -0.4 is 5.73 Å². The highest BCUT2D eigenvalue weighted by atomic mass is 15.3. The minimum absolute atomic E-state index is 0.414. The number of para-hydroxylation sites is 1. The predicted octanol–water partition coefficient (Wildman–Crippen LogP) is 2.77. The van der Waals surface area contributed by atoms with E-state index in [0.717, 1.165) is 22.5 Å². The number of aromatic nitrogens is 4. The maximum absolute atomic E-state index is 6.15. The SMILES string of the molecule is Cc1nn(C)c2c1nc(N)n2-c1ccccc1C(C)C. The zero-order valence-electron chi connectivity index (χ0n) is 12.3. The molecule has 0 aliphatic rings. The van der Waals surface area contributed by atoms with Gasteiger partial charge in [0, 0.05) is 7.05 Å². The van der Waals surface area contributed by atoms with Crippen LogP contribution in [0.15, 0.2) is 24.3 Å². The number of nitrogen functional groups attached to an aromatic ring is 1. The topological polar surface area (TPSA) is 61.7 Å². The molecular weight excluding hydrogens is 250 g/mol. The normalized spacial score (nSPS) is 11.7. The van der Waals surface area contributed by atoms with Gasteiger partial charge in [-0.2, -0.15) is 5.10 Å². The van der Waals surface area contributed by atoms with E-state index in [2.05, 4.69) is 42.1 Å². The molecule has 0 unspecified atom stereocenters. The second-order valence-electron chi connectivity index (χ2n) is 5.40.